The first-order valence-electron chi connectivity index (χ1n) is 7.64. The first-order valence-corrected chi connectivity index (χ1v) is 7.64. The van der Waals surface area contributed by atoms with Crippen LogP contribution >= 0.6 is 0 Å². The molecule has 0 saturated carbocycles. The molecule has 1 atom stereocenters. The summed E-state index contributed by atoms with van der Waals surface area (Å²) in [6, 6.07) is 14.9. The molecule has 0 saturated heterocycles. The molecule has 2 aromatic rings. The molecular formula is C19H21NO. The van der Waals surface area contributed by atoms with E-state index < -0.39 is 0 Å². The number of carbonyl (C=O) groups is 1. The molecule has 2 aromatic carbocycles. The second-order valence-electron chi connectivity index (χ2n) is 5.83. The van der Waals surface area contributed by atoms with Crippen molar-refractivity contribution in [1.82, 2.24) is 0 Å². The van der Waals surface area contributed by atoms with Gasteiger partial charge in [0.1, 0.15) is 0 Å². The number of hydrogen-bond donors (Lipinski definition) is 1. The largest absolute Gasteiger partial charge is 0.326 e. The molecule has 1 amide bonds. The normalized spacial score (nSPS) is 14.6. The molecule has 0 heterocycles. The molecule has 0 spiro atoms. The summed E-state index contributed by atoms with van der Waals surface area (Å²) in [7, 11) is 0. The van der Waals surface area contributed by atoms with Crippen molar-refractivity contribution < 1.29 is 4.79 Å². The molecule has 108 valence electrons. The van der Waals surface area contributed by atoms with Crippen molar-refractivity contribution >= 4 is 11.6 Å². The van der Waals surface area contributed by atoms with Crippen LogP contribution in [0.1, 0.15) is 48.4 Å². The highest BCUT2D eigenvalue weighted by Gasteiger charge is 2.21. The molecule has 0 aliphatic heterocycles. The summed E-state index contributed by atoms with van der Waals surface area (Å²) in [5.74, 6) is 0.288. The summed E-state index contributed by atoms with van der Waals surface area (Å²) in [6.07, 6.45) is 3.38. The Bertz CT molecular complexity index is 661. The third-order valence-electron chi connectivity index (χ3n) is 4.38. The summed E-state index contributed by atoms with van der Waals surface area (Å²) in [4.78, 5) is 11.6. The van der Waals surface area contributed by atoms with Gasteiger partial charge in [-0.25, -0.2) is 0 Å². The zero-order valence-corrected chi connectivity index (χ0v) is 12.6. The molecule has 0 radical (unpaired) electrons. The molecule has 0 fully saturated rings. The van der Waals surface area contributed by atoms with Crippen LogP contribution < -0.4 is 5.32 Å². The van der Waals surface area contributed by atoms with E-state index in [1.807, 2.05) is 6.07 Å². The molecule has 3 rings (SSSR count). The van der Waals surface area contributed by atoms with Gasteiger partial charge in [0.25, 0.3) is 0 Å². The van der Waals surface area contributed by atoms with Gasteiger partial charge >= 0.3 is 0 Å². The van der Waals surface area contributed by atoms with E-state index in [4.69, 9.17) is 0 Å². The van der Waals surface area contributed by atoms with Gasteiger partial charge in [-0.1, -0.05) is 49.4 Å². The van der Waals surface area contributed by atoms with Gasteiger partial charge in [-0.2, -0.15) is 0 Å². The SMILES string of the molecule is CC(=O)Nc1c(C(C)c2ccccc2)ccc2c1CCC2. The minimum absolute atomic E-state index is 0.0109. The second-order valence-corrected chi connectivity index (χ2v) is 5.83. The summed E-state index contributed by atoms with van der Waals surface area (Å²) in [5, 5.41) is 3.09. The zero-order valence-electron chi connectivity index (χ0n) is 12.6. The maximum absolute atomic E-state index is 11.6. The molecule has 1 unspecified atom stereocenters. The average molecular weight is 279 g/mol. The number of hydrogen-bond acceptors (Lipinski definition) is 1. The van der Waals surface area contributed by atoms with Gasteiger partial charge in [0.15, 0.2) is 0 Å². The topological polar surface area (TPSA) is 29.1 Å². The van der Waals surface area contributed by atoms with E-state index in [2.05, 4.69) is 48.6 Å². The zero-order chi connectivity index (χ0) is 14.8. The van der Waals surface area contributed by atoms with Gasteiger partial charge in [-0.05, 0) is 41.5 Å². The predicted octanol–water partition coefficient (Wildman–Crippen LogP) is 4.29. The molecule has 1 aliphatic rings. The van der Waals surface area contributed by atoms with Crippen molar-refractivity contribution in [3.05, 3.63) is 64.7 Å². The van der Waals surface area contributed by atoms with Crippen LogP contribution in [0.5, 0.6) is 0 Å². The average Bonchev–Trinajstić information content (AvgIpc) is 2.96. The van der Waals surface area contributed by atoms with Crippen LogP contribution in [0.2, 0.25) is 0 Å². The lowest BCUT2D eigenvalue weighted by atomic mass is 9.89. The molecule has 2 heteroatoms. The van der Waals surface area contributed by atoms with Crippen LogP contribution in [-0.2, 0) is 17.6 Å². The van der Waals surface area contributed by atoms with Gasteiger partial charge in [0, 0.05) is 18.5 Å². The lowest BCUT2D eigenvalue weighted by Gasteiger charge is -2.20. The quantitative estimate of drug-likeness (QED) is 0.892. The van der Waals surface area contributed by atoms with E-state index in [-0.39, 0.29) is 11.8 Å². The molecule has 0 aromatic heterocycles. The van der Waals surface area contributed by atoms with Crippen LogP contribution in [0, 0.1) is 0 Å². The summed E-state index contributed by atoms with van der Waals surface area (Å²) in [6.45, 7) is 3.79. The fourth-order valence-corrected chi connectivity index (χ4v) is 3.29. The van der Waals surface area contributed by atoms with Gasteiger partial charge in [-0.3, -0.25) is 4.79 Å². The first-order chi connectivity index (χ1) is 10.2. The van der Waals surface area contributed by atoms with Crippen molar-refractivity contribution in [2.24, 2.45) is 0 Å². The second kappa shape index (κ2) is 5.72. The van der Waals surface area contributed by atoms with Crippen molar-refractivity contribution in [2.45, 2.75) is 39.0 Å². The number of benzene rings is 2. The number of carbonyl (C=O) groups excluding carboxylic acids is 1. The van der Waals surface area contributed by atoms with Gasteiger partial charge in [0.05, 0.1) is 0 Å². The molecule has 1 N–H and O–H groups in total. The van der Waals surface area contributed by atoms with Gasteiger partial charge in [-0.15, -0.1) is 0 Å². The van der Waals surface area contributed by atoms with Crippen LogP contribution in [0.25, 0.3) is 0 Å². The molecule has 21 heavy (non-hydrogen) atoms. The number of rotatable bonds is 3. The van der Waals surface area contributed by atoms with E-state index >= 15 is 0 Å². The van der Waals surface area contributed by atoms with Crippen molar-refractivity contribution in [2.75, 3.05) is 5.32 Å². The number of nitrogens with one attached hydrogen (secondary N) is 1. The predicted molar refractivity (Wildman–Crippen MR) is 86.7 cm³/mol. The third-order valence-corrected chi connectivity index (χ3v) is 4.38. The molecule has 0 bridgehead atoms. The van der Waals surface area contributed by atoms with Crippen molar-refractivity contribution in [1.29, 1.82) is 0 Å². The Balaban J connectivity index is 2.07. The lowest BCUT2D eigenvalue weighted by molar-refractivity contribution is -0.114. The van der Waals surface area contributed by atoms with Gasteiger partial charge < -0.3 is 5.32 Å². The summed E-state index contributed by atoms with van der Waals surface area (Å²) < 4.78 is 0. The number of amides is 1. The molecular weight excluding hydrogens is 258 g/mol. The Morgan fingerprint density at radius 3 is 2.57 bits per heavy atom. The number of anilines is 1. The first kappa shape index (κ1) is 13.9. The Labute approximate surface area is 126 Å². The van der Waals surface area contributed by atoms with Gasteiger partial charge in [0.2, 0.25) is 5.91 Å². The standard InChI is InChI=1S/C19H21NO/c1-13(15-7-4-3-5-8-15)17-12-11-16-9-6-10-18(16)19(17)20-14(2)21/h3-5,7-8,11-13H,6,9-10H2,1-2H3,(H,20,21). The monoisotopic (exact) mass is 279 g/mol. The fraction of sp³-hybridized carbons (Fsp3) is 0.316. The Morgan fingerprint density at radius 2 is 1.86 bits per heavy atom. The lowest BCUT2D eigenvalue weighted by Crippen LogP contribution is -2.12. The fourth-order valence-electron chi connectivity index (χ4n) is 3.29. The molecule has 1 aliphatic carbocycles. The Hall–Kier alpha value is -2.09. The molecule has 2 nitrogen and oxygen atoms in total. The minimum atomic E-state index is 0.0109. The van der Waals surface area contributed by atoms with E-state index in [1.165, 1.54) is 28.7 Å². The van der Waals surface area contributed by atoms with Crippen LogP contribution in [-0.4, -0.2) is 5.91 Å². The highest BCUT2D eigenvalue weighted by molar-refractivity contribution is 5.91. The maximum atomic E-state index is 11.6. The van der Waals surface area contributed by atoms with E-state index in [1.54, 1.807) is 6.92 Å². The van der Waals surface area contributed by atoms with E-state index in [0.717, 1.165) is 18.5 Å². The van der Waals surface area contributed by atoms with Crippen molar-refractivity contribution in [3.8, 4) is 0 Å². The minimum Gasteiger partial charge on any atom is -0.326 e. The number of fused-ring (bicyclic) bond motifs is 1. The summed E-state index contributed by atoms with van der Waals surface area (Å²) in [5.41, 5.74) is 6.28. The third kappa shape index (κ3) is 2.71. The maximum Gasteiger partial charge on any atom is 0.221 e. The Kier molecular flexibility index (Phi) is 3.78. The van der Waals surface area contributed by atoms with Crippen LogP contribution in [0.15, 0.2) is 42.5 Å². The highest BCUT2D eigenvalue weighted by Crippen LogP contribution is 2.37. The summed E-state index contributed by atoms with van der Waals surface area (Å²) >= 11 is 0. The Morgan fingerprint density at radius 1 is 1.10 bits per heavy atom. The van der Waals surface area contributed by atoms with E-state index in [9.17, 15) is 4.79 Å². The smallest absolute Gasteiger partial charge is 0.221 e. The van der Waals surface area contributed by atoms with Crippen molar-refractivity contribution in [3.63, 3.8) is 0 Å². The highest BCUT2D eigenvalue weighted by atomic mass is 16.1. The van der Waals surface area contributed by atoms with Crippen LogP contribution in [0.4, 0.5) is 5.69 Å². The number of aryl methyl sites for hydroxylation is 1. The van der Waals surface area contributed by atoms with E-state index in [0.29, 0.717) is 0 Å². The van der Waals surface area contributed by atoms with Crippen LogP contribution in [0.3, 0.4) is 0 Å².